The Hall–Kier alpha value is -5.02. The third kappa shape index (κ3) is 9.26. The molecule has 2 heterocycles. The van der Waals surface area contributed by atoms with Crippen LogP contribution in [0.4, 0.5) is 25.8 Å². The highest BCUT2D eigenvalue weighted by Gasteiger charge is 2.20. The molecule has 9 heteroatoms. The van der Waals surface area contributed by atoms with Crippen molar-refractivity contribution in [3.05, 3.63) is 126 Å². The van der Waals surface area contributed by atoms with E-state index in [4.69, 9.17) is 11.1 Å². The smallest absolute Gasteiger partial charge is 0.147 e. The molecule has 0 unspecified atom stereocenters. The van der Waals surface area contributed by atoms with Gasteiger partial charge in [0.25, 0.3) is 0 Å². The molecule has 0 spiro atoms. The number of H-pyrrole nitrogens is 1. The van der Waals surface area contributed by atoms with E-state index in [-0.39, 0.29) is 28.7 Å². The number of pyridine rings is 1. The summed E-state index contributed by atoms with van der Waals surface area (Å²) in [5.74, 6) is -0.793. The van der Waals surface area contributed by atoms with Gasteiger partial charge in [-0.2, -0.15) is 0 Å². The number of nitrogens with one attached hydrogen (secondary N) is 4. The van der Waals surface area contributed by atoms with Crippen LogP contribution in [0.1, 0.15) is 55.8 Å². The van der Waals surface area contributed by atoms with Gasteiger partial charge >= 0.3 is 0 Å². The second-order valence-electron chi connectivity index (χ2n) is 11.6. The monoisotopic (exact) mass is 639 g/mol. The largest absolute Gasteiger partial charge is 0.396 e. The Kier molecular flexibility index (Phi) is 12.8. The number of aromatic nitrogens is 2. The zero-order valence-electron chi connectivity index (χ0n) is 28.5. The van der Waals surface area contributed by atoms with Crippen LogP contribution in [-0.2, 0) is 0 Å². The highest BCUT2D eigenvalue weighted by Crippen LogP contribution is 2.33. The minimum absolute atomic E-state index is 0.0151. The van der Waals surface area contributed by atoms with E-state index in [1.165, 1.54) is 18.2 Å². The van der Waals surface area contributed by atoms with Crippen LogP contribution in [0, 0.1) is 29.9 Å². The van der Waals surface area contributed by atoms with Crippen molar-refractivity contribution in [1.82, 2.24) is 14.9 Å². The lowest BCUT2D eigenvalue weighted by atomic mass is 9.95. The minimum Gasteiger partial charge on any atom is -0.396 e. The zero-order valence-corrected chi connectivity index (χ0v) is 28.5. The number of hydrogen-bond donors (Lipinski definition) is 5. The molecular weight excluding hydrogens is 592 g/mol. The van der Waals surface area contributed by atoms with E-state index in [1.54, 1.807) is 36.7 Å². The van der Waals surface area contributed by atoms with Crippen molar-refractivity contribution in [2.24, 2.45) is 5.92 Å². The van der Waals surface area contributed by atoms with Gasteiger partial charge in [0.2, 0.25) is 0 Å². The molecule has 0 amide bonds. The number of hydrogen-bond acceptors (Lipinski definition) is 6. The predicted octanol–water partition coefficient (Wildman–Crippen LogP) is 8.86. The first-order chi connectivity index (χ1) is 22.4. The second-order valence-corrected chi connectivity index (χ2v) is 11.6. The summed E-state index contributed by atoms with van der Waals surface area (Å²) in [6.07, 6.45) is 6.75. The zero-order chi connectivity index (χ0) is 34.8. The van der Waals surface area contributed by atoms with Crippen molar-refractivity contribution in [1.29, 1.82) is 5.41 Å². The summed E-state index contributed by atoms with van der Waals surface area (Å²) in [5.41, 5.74) is 13.0. The van der Waals surface area contributed by atoms with Gasteiger partial charge in [-0.15, -0.1) is 0 Å². The van der Waals surface area contributed by atoms with Crippen LogP contribution in [0.3, 0.4) is 0 Å². The van der Waals surface area contributed by atoms with Crippen molar-refractivity contribution in [2.75, 3.05) is 43.6 Å². The van der Waals surface area contributed by atoms with Crippen molar-refractivity contribution >= 4 is 28.3 Å². The number of allylic oxidation sites excluding steroid dienone is 3. The van der Waals surface area contributed by atoms with Gasteiger partial charge in [-0.05, 0) is 86.1 Å². The van der Waals surface area contributed by atoms with Crippen LogP contribution in [-0.4, -0.2) is 47.8 Å². The lowest BCUT2D eigenvalue weighted by Crippen LogP contribution is -2.20. The van der Waals surface area contributed by atoms with Crippen molar-refractivity contribution in [3.8, 4) is 11.1 Å². The van der Waals surface area contributed by atoms with Gasteiger partial charge in [-0.1, -0.05) is 53.0 Å². The SMILES string of the molecule is C=C/C=C(/c1cc(F)cc(NCCN(C)C)c1)c1cc(C(=N)c2cc(-c3cncc(NC(=C)C(C)C)c3)cc(F)c2N)[nH]c1C.CC. The fraction of sp³-hybridized carbons (Fsp3) is 0.263. The third-order valence-electron chi connectivity index (χ3n) is 7.43. The van der Waals surface area contributed by atoms with E-state index in [9.17, 15) is 4.39 Å². The minimum atomic E-state index is -0.637. The number of halogens is 2. The summed E-state index contributed by atoms with van der Waals surface area (Å²) in [6.45, 7) is 19.3. The number of rotatable bonds is 13. The number of anilines is 3. The first-order valence-electron chi connectivity index (χ1n) is 15.7. The summed E-state index contributed by atoms with van der Waals surface area (Å²) in [5, 5.41) is 15.6. The Morgan fingerprint density at radius 3 is 2.40 bits per heavy atom. The predicted molar refractivity (Wildman–Crippen MR) is 195 cm³/mol. The maximum Gasteiger partial charge on any atom is 0.147 e. The molecule has 0 saturated heterocycles. The summed E-state index contributed by atoms with van der Waals surface area (Å²) in [4.78, 5) is 9.60. The molecule has 0 fully saturated rings. The fourth-order valence-electron chi connectivity index (χ4n) is 4.84. The maximum absolute atomic E-state index is 15.2. The Morgan fingerprint density at radius 2 is 1.74 bits per heavy atom. The molecule has 4 rings (SSSR count). The Bertz CT molecular complexity index is 1770. The summed E-state index contributed by atoms with van der Waals surface area (Å²) < 4.78 is 30.0. The fourth-order valence-corrected chi connectivity index (χ4v) is 4.84. The Balaban J connectivity index is 0.00000294. The average Bonchev–Trinajstić information content (AvgIpc) is 3.42. The van der Waals surface area contributed by atoms with Crippen LogP contribution >= 0.6 is 0 Å². The van der Waals surface area contributed by atoms with Crippen LogP contribution in [0.5, 0.6) is 0 Å². The van der Waals surface area contributed by atoms with Crippen LogP contribution in [0.25, 0.3) is 16.7 Å². The normalized spacial score (nSPS) is 11.3. The lowest BCUT2D eigenvalue weighted by Gasteiger charge is -2.14. The molecule has 0 saturated carbocycles. The summed E-state index contributed by atoms with van der Waals surface area (Å²) in [6, 6.07) is 11.5. The van der Waals surface area contributed by atoms with Gasteiger partial charge in [0.1, 0.15) is 11.6 Å². The van der Waals surface area contributed by atoms with E-state index < -0.39 is 5.82 Å². The summed E-state index contributed by atoms with van der Waals surface area (Å²) in [7, 11) is 3.95. The van der Waals surface area contributed by atoms with Crippen molar-refractivity contribution in [3.63, 3.8) is 0 Å². The first-order valence-corrected chi connectivity index (χ1v) is 15.7. The highest BCUT2D eigenvalue weighted by molar-refractivity contribution is 6.14. The number of benzene rings is 2. The first kappa shape index (κ1) is 36.4. The second kappa shape index (κ2) is 16.5. The molecular formula is C38H47F2N7. The van der Waals surface area contributed by atoms with Crippen molar-refractivity contribution < 1.29 is 8.78 Å². The standard InChI is InChI=1S/C36H41F2N7.C2H6/c1-8-9-30(25-12-27(37)17-28(13-25)42-10-11-45(6)7)31-18-34(44-23(31)5)36(40)32-15-24(16-33(38)35(32)39)26-14-29(20-41-19-26)43-22(4)21(2)3;1-2/h8-9,12-21,40,42-44H,1,4,10-11,39H2,2-3,5-7H3;1-2H3/b30-9-,40-36?;. The average molecular weight is 640 g/mol. The topological polar surface area (TPSA) is 106 Å². The number of nitrogens with two attached hydrogens (primary N) is 1. The molecule has 0 aliphatic heterocycles. The molecule has 0 aliphatic carbocycles. The lowest BCUT2D eigenvalue weighted by molar-refractivity contribution is 0.425. The Morgan fingerprint density at radius 1 is 1.02 bits per heavy atom. The van der Waals surface area contributed by atoms with Crippen LogP contribution < -0.4 is 16.4 Å². The van der Waals surface area contributed by atoms with Gasteiger partial charge < -0.3 is 26.3 Å². The van der Waals surface area contributed by atoms with Gasteiger partial charge in [0.05, 0.1) is 29.0 Å². The van der Waals surface area contributed by atoms with Gasteiger partial charge in [-0.3, -0.25) is 10.4 Å². The molecule has 6 N–H and O–H groups in total. The van der Waals surface area contributed by atoms with Crippen LogP contribution in [0.15, 0.2) is 85.9 Å². The van der Waals surface area contributed by atoms with Crippen LogP contribution in [0.2, 0.25) is 0 Å². The van der Waals surface area contributed by atoms with E-state index in [2.05, 4.69) is 33.8 Å². The van der Waals surface area contributed by atoms with Crippen molar-refractivity contribution in [2.45, 2.75) is 34.6 Å². The summed E-state index contributed by atoms with van der Waals surface area (Å²) >= 11 is 0. The van der Waals surface area contributed by atoms with E-state index >= 15 is 4.39 Å². The molecule has 4 aromatic rings. The van der Waals surface area contributed by atoms with Gasteiger partial charge in [0.15, 0.2) is 0 Å². The quantitative estimate of drug-likeness (QED) is 0.0571. The van der Waals surface area contributed by atoms with E-state index in [1.807, 2.05) is 65.7 Å². The number of likely N-dealkylation sites (N-methyl/N-ethyl adjacent to an activating group) is 1. The molecule has 2 aromatic carbocycles. The number of nitrogen functional groups attached to an aromatic ring is 1. The molecule has 7 nitrogen and oxygen atoms in total. The highest BCUT2D eigenvalue weighted by atomic mass is 19.1. The molecule has 0 aliphatic rings. The van der Waals surface area contributed by atoms with E-state index in [0.29, 0.717) is 34.6 Å². The maximum atomic E-state index is 15.2. The number of nitrogens with zero attached hydrogens (tertiary/aromatic N) is 2. The third-order valence-corrected chi connectivity index (χ3v) is 7.43. The Labute approximate surface area is 277 Å². The molecule has 0 bridgehead atoms. The van der Waals surface area contributed by atoms with E-state index in [0.717, 1.165) is 34.8 Å². The van der Waals surface area contributed by atoms with Gasteiger partial charge in [0, 0.05) is 53.1 Å². The molecule has 47 heavy (non-hydrogen) atoms. The molecule has 0 radical (unpaired) electrons. The number of aromatic amines is 1. The number of aryl methyl sites for hydroxylation is 1. The molecule has 0 atom stereocenters. The molecule has 248 valence electrons. The van der Waals surface area contributed by atoms with Gasteiger partial charge in [-0.25, -0.2) is 8.78 Å². The molecule has 2 aromatic heterocycles.